The van der Waals surface area contributed by atoms with Crippen molar-refractivity contribution in [3.05, 3.63) is 29.9 Å². The smallest absolute Gasteiger partial charge is 0.263 e. The van der Waals surface area contributed by atoms with Crippen LogP contribution in [0.5, 0.6) is 0 Å². The Labute approximate surface area is 80.6 Å². The molecule has 0 aromatic carbocycles. The Hall–Kier alpha value is -1.84. The molecule has 0 atom stereocenters. The number of carbonyl (C=O) groups excluding carboxylic acids is 1. The van der Waals surface area contributed by atoms with E-state index in [4.69, 9.17) is 8.83 Å². The standard InChI is InChI=1S/C10H9NO3/c1-7-8(4-5-12)11-10(14-7)9-3-2-6-13-9/h2-3,5-6H,4H2,1H3. The number of rotatable bonds is 3. The summed E-state index contributed by atoms with van der Waals surface area (Å²) >= 11 is 0. The average Bonchev–Trinajstić information content (AvgIpc) is 2.76. The van der Waals surface area contributed by atoms with Crippen LogP contribution in [0.4, 0.5) is 0 Å². The fourth-order valence-corrected chi connectivity index (χ4v) is 1.20. The molecule has 0 unspecified atom stereocenters. The lowest BCUT2D eigenvalue weighted by Crippen LogP contribution is -1.87. The molecule has 2 aromatic rings. The van der Waals surface area contributed by atoms with Gasteiger partial charge in [0.1, 0.15) is 12.0 Å². The lowest BCUT2D eigenvalue weighted by atomic mass is 10.3. The summed E-state index contributed by atoms with van der Waals surface area (Å²) in [6, 6.07) is 3.52. The first-order valence-electron chi connectivity index (χ1n) is 4.25. The second-order valence-corrected chi connectivity index (χ2v) is 2.87. The van der Waals surface area contributed by atoms with Gasteiger partial charge < -0.3 is 13.6 Å². The minimum Gasteiger partial charge on any atom is -0.459 e. The Morgan fingerprint density at radius 2 is 2.43 bits per heavy atom. The largest absolute Gasteiger partial charge is 0.459 e. The zero-order chi connectivity index (χ0) is 9.97. The van der Waals surface area contributed by atoms with Gasteiger partial charge in [0.25, 0.3) is 5.89 Å². The number of aryl methyl sites for hydroxylation is 1. The molecule has 4 heteroatoms. The molecule has 0 bridgehead atoms. The van der Waals surface area contributed by atoms with Gasteiger partial charge >= 0.3 is 0 Å². The molecule has 14 heavy (non-hydrogen) atoms. The summed E-state index contributed by atoms with van der Waals surface area (Å²) in [5, 5.41) is 0. The summed E-state index contributed by atoms with van der Waals surface area (Å²) in [5.74, 6) is 1.65. The van der Waals surface area contributed by atoms with E-state index in [-0.39, 0.29) is 6.42 Å². The lowest BCUT2D eigenvalue weighted by molar-refractivity contribution is -0.107. The van der Waals surface area contributed by atoms with Crippen LogP contribution in [0.2, 0.25) is 0 Å². The summed E-state index contributed by atoms with van der Waals surface area (Å²) in [6.07, 6.45) is 2.63. The topological polar surface area (TPSA) is 56.2 Å². The third-order valence-corrected chi connectivity index (χ3v) is 1.90. The molecule has 0 N–H and O–H groups in total. The van der Waals surface area contributed by atoms with Crippen LogP contribution < -0.4 is 0 Å². The highest BCUT2D eigenvalue weighted by Crippen LogP contribution is 2.21. The van der Waals surface area contributed by atoms with Crippen molar-refractivity contribution in [1.82, 2.24) is 4.98 Å². The summed E-state index contributed by atoms with van der Waals surface area (Å²) in [4.78, 5) is 14.5. The van der Waals surface area contributed by atoms with E-state index in [0.29, 0.717) is 23.1 Å². The van der Waals surface area contributed by atoms with E-state index in [9.17, 15) is 4.79 Å². The summed E-state index contributed by atoms with van der Waals surface area (Å²) < 4.78 is 10.5. The van der Waals surface area contributed by atoms with Crippen molar-refractivity contribution in [2.75, 3.05) is 0 Å². The Kier molecular flexibility index (Phi) is 2.18. The monoisotopic (exact) mass is 191 g/mol. The van der Waals surface area contributed by atoms with Crippen LogP contribution in [-0.2, 0) is 11.2 Å². The fourth-order valence-electron chi connectivity index (χ4n) is 1.20. The van der Waals surface area contributed by atoms with Crippen LogP contribution in [0.25, 0.3) is 11.7 Å². The number of aldehydes is 1. The van der Waals surface area contributed by atoms with Gasteiger partial charge in [0, 0.05) is 6.42 Å². The number of furan rings is 1. The molecule has 2 heterocycles. The average molecular weight is 191 g/mol. The molecular weight excluding hydrogens is 182 g/mol. The first-order valence-corrected chi connectivity index (χ1v) is 4.25. The molecule has 0 aliphatic carbocycles. The highest BCUT2D eigenvalue weighted by atomic mass is 16.4. The van der Waals surface area contributed by atoms with Gasteiger partial charge in [-0.25, -0.2) is 4.98 Å². The van der Waals surface area contributed by atoms with Gasteiger partial charge in [-0.2, -0.15) is 0 Å². The molecule has 0 amide bonds. The van der Waals surface area contributed by atoms with Crippen molar-refractivity contribution >= 4 is 6.29 Å². The van der Waals surface area contributed by atoms with Gasteiger partial charge in [0.15, 0.2) is 5.76 Å². The van der Waals surface area contributed by atoms with Crippen LogP contribution in [0, 0.1) is 6.92 Å². The van der Waals surface area contributed by atoms with Crippen molar-refractivity contribution in [1.29, 1.82) is 0 Å². The zero-order valence-corrected chi connectivity index (χ0v) is 7.69. The maximum Gasteiger partial charge on any atom is 0.263 e. The minimum absolute atomic E-state index is 0.274. The Balaban J connectivity index is 2.37. The van der Waals surface area contributed by atoms with E-state index in [0.717, 1.165) is 6.29 Å². The summed E-state index contributed by atoms with van der Waals surface area (Å²) in [7, 11) is 0. The van der Waals surface area contributed by atoms with Crippen molar-refractivity contribution in [2.24, 2.45) is 0 Å². The van der Waals surface area contributed by atoms with Crippen LogP contribution in [0.15, 0.2) is 27.2 Å². The molecule has 0 aliphatic heterocycles. The van der Waals surface area contributed by atoms with Gasteiger partial charge in [0.2, 0.25) is 0 Å². The molecule has 72 valence electrons. The highest BCUT2D eigenvalue weighted by Gasteiger charge is 2.12. The second kappa shape index (κ2) is 3.49. The molecule has 0 saturated heterocycles. The highest BCUT2D eigenvalue weighted by molar-refractivity contribution is 5.55. The number of aromatic nitrogens is 1. The Bertz CT molecular complexity index is 428. The molecule has 0 spiro atoms. The predicted octanol–water partition coefficient (Wildman–Crippen LogP) is 1.98. The number of hydrogen-bond acceptors (Lipinski definition) is 4. The second-order valence-electron chi connectivity index (χ2n) is 2.87. The molecule has 2 aromatic heterocycles. The zero-order valence-electron chi connectivity index (χ0n) is 7.69. The SMILES string of the molecule is Cc1oc(-c2ccco2)nc1CC=O. The van der Waals surface area contributed by atoms with Crippen LogP contribution >= 0.6 is 0 Å². The molecule has 4 nitrogen and oxygen atoms in total. The van der Waals surface area contributed by atoms with Crippen LogP contribution in [0.1, 0.15) is 11.5 Å². The third-order valence-electron chi connectivity index (χ3n) is 1.90. The quantitative estimate of drug-likeness (QED) is 0.696. The Morgan fingerprint density at radius 3 is 3.07 bits per heavy atom. The molecule has 0 radical (unpaired) electrons. The van der Waals surface area contributed by atoms with E-state index >= 15 is 0 Å². The maximum atomic E-state index is 10.3. The van der Waals surface area contributed by atoms with Gasteiger partial charge in [0.05, 0.1) is 12.0 Å². The van der Waals surface area contributed by atoms with Crippen molar-refractivity contribution in [2.45, 2.75) is 13.3 Å². The van der Waals surface area contributed by atoms with E-state index in [1.807, 2.05) is 0 Å². The maximum absolute atomic E-state index is 10.3. The van der Waals surface area contributed by atoms with Crippen molar-refractivity contribution in [3.63, 3.8) is 0 Å². The normalized spacial score (nSPS) is 10.4. The van der Waals surface area contributed by atoms with E-state index < -0.39 is 0 Å². The number of carbonyl (C=O) groups is 1. The Morgan fingerprint density at radius 1 is 1.57 bits per heavy atom. The predicted molar refractivity (Wildman–Crippen MR) is 48.7 cm³/mol. The van der Waals surface area contributed by atoms with Crippen molar-refractivity contribution in [3.8, 4) is 11.7 Å². The molecular formula is C10H9NO3. The number of nitrogens with zero attached hydrogens (tertiary/aromatic N) is 1. The first kappa shape index (κ1) is 8.74. The first-order chi connectivity index (χ1) is 6.81. The summed E-state index contributed by atoms with van der Waals surface area (Å²) in [6.45, 7) is 1.78. The number of hydrogen-bond donors (Lipinski definition) is 0. The van der Waals surface area contributed by atoms with Crippen molar-refractivity contribution < 1.29 is 13.6 Å². The molecule has 2 rings (SSSR count). The van der Waals surface area contributed by atoms with E-state index in [1.54, 1.807) is 25.3 Å². The molecule has 0 aliphatic rings. The van der Waals surface area contributed by atoms with Gasteiger partial charge in [-0.1, -0.05) is 0 Å². The fraction of sp³-hybridized carbons (Fsp3) is 0.200. The molecule has 0 saturated carbocycles. The molecule has 0 fully saturated rings. The van der Waals surface area contributed by atoms with E-state index in [1.165, 1.54) is 0 Å². The van der Waals surface area contributed by atoms with Gasteiger partial charge in [-0.15, -0.1) is 0 Å². The summed E-state index contributed by atoms with van der Waals surface area (Å²) in [5.41, 5.74) is 0.659. The van der Waals surface area contributed by atoms with Gasteiger partial charge in [-0.05, 0) is 19.1 Å². The van der Waals surface area contributed by atoms with Gasteiger partial charge in [-0.3, -0.25) is 0 Å². The van der Waals surface area contributed by atoms with E-state index in [2.05, 4.69) is 4.98 Å². The number of oxazole rings is 1. The lowest BCUT2D eigenvalue weighted by Gasteiger charge is -1.84. The third kappa shape index (κ3) is 1.46. The van der Waals surface area contributed by atoms with Crippen LogP contribution in [-0.4, -0.2) is 11.3 Å². The van der Waals surface area contributed by atoms with Crippen LogP contribution in [0.3, 0.4) is 0 Å². The minimum atomic E-state index is 0.274.